The number of aryl methyl sites for hydroxylation is 1. The molecule has 1 amide bonds. The standard InChI is InChI=1S/C25H25FN2O6S2/c1-18-11-12-20(35(31,32)19-7-3-2-4-8-19)17-23(18)36(33,34)27-25(21-9-5-6-10-22(21)26)13-15-28(16-14-25)24(29)30/h2-12,17,27H,13-16H2,1H3,(H,29,30). The van der Waals surface area contributed by atoms with E-state index in [4.69, 9.17) is 0 Å². The quantitative estimate of drug-likeness (QED) is 0.497. The van der Waals surface area contributed by atoms with E-state index in [1.807, 2.05) is 0 Å². The minimum atomic E-state index is -4.36. The highest BCUT2D eigenvalue weighted by Crippen LogP contribution is 2.37. The number of rotatable bonds is 6. The summed E-state index contributed by atoms with van der Waals surface area (Å²) in [6.07, 6.45) is -1.14. The predicted octanol–water partition coefficient (Wildman–Crippen LogP) is 3.91. The number of amides is 1. The molecule has 0 radical (unpaired) electrons. The Morgan fingerprint density at radius 3 is 2.14 bits per heavy atom. The van der Waals surface area contributed by atoms with E-state index in [2.05, 4.69) is 4.72 Å². The first kappa shape index (κ1) is 25.8. The van der Waals surface area contributed by atoms with Crippen molar-refractivity contribution in [2.75, 3.05) is 13.1 Å². The topological polar surface area (TPSA) is 121 Å². The average molecular weight is 533 g/mol. The highest BCUT2D eigenvalue weighted by Gasteiger charge is 2.43. The van der Waals surface area contributed by atoms with Crippen molar-refractivity contribution in [2.45, 2.75) is 40.0 Å². The number of hydrogen-bond donors (Lipinski definition) is 2. The van der Waals surface area contributed by atoms with Gasteiger partial charge in [0, 0.05) is 18.7 Å². The number of carbonyl (C=O) groups is 1. The van der Waals surface area contributed by atoms with Crippen LogP contribution >= 0.6 is 0 Å². The van der Waals surface area contributed by atoms with Crippen LogP contribution in [0.5, 0.6) is 0 Å². The van der Waals surface area contributed by atoms with Gasteiger partial charge in [-0.15, -0.1) is 0 Å². The van der Waals surface area contributed by atoms with Gasteiger partial charge in [0.1, 0.15) is 5.82 Å². The molecule has 1 aliphatic heterocycles. The third-order valence-electron chi connectivity index (χ3n) is 6.42. The van der Waals surface area contributed by atoms with Crippen molar-refractivity contribution in [3.05, 3.63) is 89.7 Å². The molecule has 1 saturated heterocycles. The van der Waals surface area contributed by atoms with Crippen LogP contribution in [-0.4, -0.2) is 46.0 Å². The molecule has 36 heavy (non-hydrogen) atoms. The summed E-state index contributed by atoms with van der Waals surface area (Å²) in [4.78, 5) is 12.1. The maximum Gasteiger partial charge on any atom is 0.407 e. The Morgan fingerprint density at radius 2 is 1.53 bits per heavy atom. The van der Waals surface area contributed by atoms with Crippen molar-refractivity contribution in [1.29, 1.82) is 0 Å². The zero-order chi connectivity index (χ0) is 26.1. The normalized spacial score (nSPS) is 16.0. The molecular formula is C25H25FN2O6S2. The Morgan fingerprint density at radius 1 is 0.917 bits per heavy atom. The maximum atomic E-state index is 14.9. The zero-order valence-corrected chi connectivity index (χ0v) is 21.0. The molecule has 0 unspecified atom stereocenters. The second-order valence-corrected chi connectivity index (χ2v) is 12.3. The molecule has 3 aromatic carbocycles. The van der Waals surface area contributed by atoms with Gasteiger partial charge in [0.15, 0.2) is 0 Å². The van der Waals surface area contributed by atoms with Gasteiger partial charge in [-0.05, 0) is 55.7 Å². The molecule has 0 bridgehead atoms. The Hall–Kier alpha value is -3.28. The van der Waals surface area contributed by atoms with Crippen LogP contribution in [0.2, 0.25) is 0 Å². The number of hydrogen-bond acceptors (Lipinski definition) is 5. The largest absolute Gasteiger partial charge is 0.465 e. The lowest BCUT2D eigenvalue weighted by Crippen LogP contribution is -2.54. The summed E-state index contributed by atoms with van der Waals surface area (Å²) in [6.45, 7) is 1.53. The van der Waals surface area contributed by atoms with Crippen molar-refractivity contribution >= 4 is 26.0 Å². The number of benzene rings is 3. The molecule has 8 nitrogen and oxygen atoms in total. The fourth-order valence-corrected chi connectivity index (χ4v) is 7.54. The van der Waals surface area contributed by atoms with E-state index in [0.717, 1.165) is 11.0 Å². The molecule has 1 fully saturated rings. The molecule has 0 aromatic heterocycles. The molecule has 3 aromatic rings. The molecule has 4 rings (SSSR count). The lowest BCUT2D eigenvalue weighted by atomic mass is 9.81. The third kappa shape index (κ3) is 4.86. The van der Waals surface area contributed by atoms with Crippen LogP contribution in [-0.2, 0) is 25.4 Å². The van der Waals surface area contributed by atoms with E-state index in [1.54, 1.807) is 24.3 Å². The lowest BCUT2D eigenvalue weighted by Gasteiger charge is -2.41. The molecule has 1 heterocycles. The summed E-state index contributed by atoms with van der Waals surface area (Å²) in [5.74, 6) is -0.624. The van der Waals surface area contributed by atoms with Crippen LogP contribution in [0.15, 0.2) is 87.5 Å². The minimum absolute atomic E-state index is 0.000512. The van der Waals surface area contributed by atoms with E-state index >= 15 is 0 Å². The third-order valence-corrected chi connectivity index (χ3v) is 9.87. The van der Waals surface area contributed by atoms with Gasteiger partial charge in [-0.25, -0.2) is 30.7 Å². The maximum absolute atomic E-state index is 14.9. The Kier molecular flexibility index (Phi) is 6.91. The van der Waals surface area contributed by atoms with Crippen molar-refractivity contribution in [2.24, 2.45) is 0 Å². The molecule has 0 aliphatic carbocycles. The average Bonchev–Trinajstić information content (AvgIpc) is 2.85. The first-order valence-electron chi connectivity index (χ1n) is 11.1. The van der Waals surface area contributed by atoms with Crippen molar-refractivity contribution in [1.82, 2.24) is 9.62 Å². The Labute approximate surface area is 209 Å². The van der Waals surface area contributed by atoms with Gasteiger partial charge in [-0.3, -0.25) is 0 Å². The SMILES string of the molecule is Cc1ccc(S(=O)(=O)c2ccccc2)cc1S(=O)(=O)NC1(c2ccccc2F)CCN(C(=O)O)CC1. The fourth-order valence-electron chi connectivity index (χ4n) is 4.44. The van der Waals surface area contributed by atoms with Gasteiger partial charge < -0.3 is 10.0 Å². The van der Waals surface area contributed by atoms with E-state index in [1.165, 1.54) is 49.4 Å². The molecular weight excluding hydrogens is 507 g/mol. The van der Waals surface area contributed by atoms with E-state index < -0.39 is 37.3 Å². The Bertz CT molecular complexity index is 1500. The van der Waals surface area contributed by atoms with Gasteiger partial charge in [-0.2, -0.15) is 0 Å². The lowest BCUT2D eigenvalue weighted by molar-refractivity contribution is 0.112. The molecule has 0 saturated carbocycles. The second kappa shape index (κ2) is 9.64. The minimum Gasteiger partial charge on any atom is -0.465 e. The summed E-state index contributed by atoms with van der Waals surface area (Å²) in [5, 5.41) is 9.34. The summed E-state index contributed by atoms with van der Waals surface area (Å²) in [5.41, 5.74) is -1.01. The number of carboxylic acid groups (broad SMARTS) is 1. The van der Waals surface area contributed by atoms with Crippen molar-refractivity contribution in [3.8, 4) is 0 Å². The highest BCUT2D eigenvalue weighted by molar-refractivity contribution is 7.91. The van der Waals surface area contributed by atoms with Gasteiger partial charge in [0.25, 0.3) is 0 Å². The number of halogens is 1. The highest BCUT2D eigenvalue weighted by atomic mass is 32.2. The van der Waals surface area contributed by atoms with Crippen LogP contribution in [0.3, 0.4) is 0 Å². The summed E-state index contributed by atoms with van der Waals surface area (Å²) < 4.78 is 71.1. The van der Waals surface area contributed by atoms with Gasteiger partial charge in [0.2, 0.25) is 19.9 Å². The Balaban J connectivity index is 1.77. The number of sulfonamides is 1. The first-order chi connectivity index (χ1) is 17.0. The number of piperidine rings is 1. The monoisotopic (exact) mass is 532 g/mol. The number of likely N-dealkylation sites (tertiary alicyclic amines) is 1. The van der Waals surface area contributed by atoms with Gasteiger partial charge in [-0.1, -0.05) is 42.5 Å². The fraction of sp³-hybridized carbons (Fsp3) is 0.240. The smallest absolute Gasteiger partial charge is 0.407 e. The van der Waals surface area contributed by atoms with Gasteiger partial charge in [0.05, 0.1) is 20.2 Å². The number of nitrogens with one attached hydrogen (secondary N) is 1. The second-order valence-electron chi connectivity index (χ2n) is 8.68. The van der Waals surface area contributed by atoms with Crippen molar-refractivity contribution in [3.63, 3.8) is 0 Å². The van der Waals surface area contributed by atoms with Crippen LogP contribution in [0.4, 0.5) is 9.18 Å². The van der Waals surface area contributed by atoms with Crippen LogP contribution in [0.1, 0.15) is 24.0 Å². The molecule has 0 atom stereocenters. The van der Waals surface area contributed by atoms with E-state index in [9.17, 15) is 31.1 Å². The summed E-state index contributed by atoms with van der Waals surface area (Å²) in [7, 11) is -8.35. The van der Waals surface area contributed by atoms with E-state index in [0.29, 0.717) is 5.56 Å². The summed E-state index contributed by atoms with van der Waals surface area (Å²) >= 11 is 0. The van der Waals surface area contributed by atoms with Gasteiger partial charge >= 0.3 is 6.09 Å². The number of nitrogens with zero attached hydrogens (tertiary/aromatic N) is 1. The molecule has 0 spiro atoms. The first-order valence-corrected chi connectivity index (χ1v) is 14.1. The van der Waals surface area contributed by atoms with Crippen LogP contribution < -0.4 is 4.72 Å². The van der Waals surface area contributed by atoms with Crippen molar-refractivity contribution < 1.29 is 31.1 Å². The number of sulfone groups is 1. The molecule has 190 valence electrons. The van der Waals surface area contributed by atoms with E-state index in [-0.39, 0.29) is 46.2 Å². The molecule has 2 N–H and O–H groups in total. The zero-order valence-electron chi connectivity index (χ0n) is 19.4. The summed E-state index contributed by atoms with van der Waals surface area (Å²) in [6, 6.07) is 17.3. The predicted molar refractivity (Wildman–Crippen MR) is 130 cm³/mol. The van der Waals surface area contributed by atoms with Crippen LogP contribution in [0.25, 0.3) is 0 Å². The molecule has 1 aliphatic rings. The molecule has 11 heteroatoms. The van der Waals surface area contributed by atoms with Crippen LogP contribution in [0, 0.1) is 12.7 Å².